The van der Waals surface area contributed by atoms with Crippen LogP contribution in [0.2, 0.25) is 0 Å². The lowest BCUT2D eigenvalue weighted by Gasteiger charge is -2.28. The molecule has 1 aromatic carbocycles. The van der Waals surface area contributed by atoms with Crippen LogP contribution in [0.25, 0.3) is 0 Å². The molecule has 2 aliphatic heterocycles. The van der Waals surface area contributed by atoms with Crippen molar-refractivity contribution < 1.29 is 9.53 Å². The van der Waals surface area contributed by atoms with Gasteiger partial charge in [-0.3, -0.25) is 4.79 Å². The van der Waals surface area contributed by atoms with Crippen LogP contribution in [-0.4, -0.2) is 56.2 Å². The Kier molecular flexibility index (Phi) is 4.45. The number of carbonyl (C=O) groups is 1. The maximum Gasteiger partial charge on any atom is 0.251 e. The summed E-state index contributed by atoms with van der Waals surface area (Å²) < 4.78 is 5.34. The van der Waals surface area contributed by atoms with E-state index < -0.39 is 0 Å². The molecule has 0 spiro atoms. The first kappa shape index (κ1) is 14.7. The van der Waals surface area contributed by atoms with Crippen molar-refractivity contribution in [1.29, 1.82) is 5.26 Å². The fourth-order valence-corrected chi connectivity index (χ4v) is 2.88. The Bertz CT molecular complexity index is 561. The molecule has 0 aliphatic carbocycles. The molecular formula is C16H20N4O2. The first-order valence-corrected chi connectivity index (χ1v) is 7.64. The van der Waals surface area contributed by atoms with Gasteiger partial charge in [0.15, 0.2) is 6.19 Å². The van der Waals surface area contributed by atoms with E-state index in [0.717, 1.165) is 45.0 Å². The van der Waals surface area contributed by atoms with E-state index in [1.54, 1.807) is 4.90 Å². The molecule has 0 saturated carbocycles. The van der Waals surface area contributed by atoms with Crippen molar-refractivity contribution in [3.63, 3.8) is 0 Å². The summed E-state index contributed by atoms with van der Waals surface area (Å²) >= 11 is 0. The molecule has 2 aliphatic rings. The summed E-state index contributed by atoms with van der Waals surface area (Å²) in [4.78, 5) is 16.2. The third-order valence-corrected chi connectivity index (χ3v) is 4.17. The van der Waals surface area contributed by atoms with Gasteiger partial charge >= 0.3 is 0 Å². The highest BCUT2D eigenvalue weighted by molar-refractivity contribution is 5.94. The number of anilines is 1. The summed E-state index contributed by atoms with van der Waals surface area (Å²) in [6.45, 7) is 4.60. The average Bonchev–Trinajstić information content (AvgIpc) is 3.03. The van der Waals surface area contributed by atoms with Crippen LogP contribution in [0.4, 0.5) is 5.69 Å². The number of likely N-dealkylation sites (tertiary alicyclic amines) is 1. The van der Waals surface area contributed by atoms with Gasteiger partial charge in [-0.15, -0.1) is 0 Å². The molecule has 6 nitrogen and oxygen atoms in total. The third kappa shape index (κ3) is 3.31. The molecule has 2 fully saturated rings. The maximum atomic E-state index is 12.2. The molecule has 1 aromatic rings. The van der Waals surface area contributed by atoms with Crippen LogP contribution >= 0.6 is 0 Å². The van der Waals surface area contributed by atoms with E-state index in [0.29, 0.717) is 12.1 Å². The predicted molar refractivity (Wildman–Crippen MR) is 82.5 cm³/mol. The second kappa shape index (κ2) is 6.67. The van der Waals surface area contributed by atoms with Gasteiger partial charge in [-0.1, -0.05) is 0 Å². The summed E-state index contributed by atoms with van der Waals surface area (Å²) in [7, 11) is 0. The number of nitrogens with zero attached hydrogens (tertiary/aromatic N) is 3. The van der Waals surface area contributed by atoms with Crippen LogP contribution in [0.3, 0.4) is 0 Å². The Balaban J connectivity index is 1.58. The van der Waals surface area contributed by atoms with Crippen LogP contribution in [0.1, 0.15) is 16.8 Å². The molecule has 0 aromatic heterocycles. The SMILES string of the molecule is N#CN1CCC(NC(=O)c2ccc(N3CCOCC3)cc2)C1. The van der Waals surface area contributed by atoms with Crippen molar-refractivity contribution >= 4 is 11.6 Å². The highest BCUT2D eigenvalue weighted by atomic mass is 16.5. The molecule has 116 valence electrons. The molecule has 2 saturated heterocycles. The summed E-state index contributed by atoms with van der Waals surface area (Å²) in [5.74, 6) is -0.0710. The number of amides is 1. The maximum absolute atomic E-state index is 12.2. The van der Waals surface area contributed by atoms with Crippen LogP contribution in [0.15, 0.2) is 24.3 Å². The van der Waals surface area contributed by atoms with Gasteiger partial charge in [0.1, 0.15) is 0 Å². The number of morpholine rings is 1. The molecule has 0 bridgehead atoms. The number of hydrogen-bond acceptors (Lipinski definition) is 5. The lowest BCUT2D eigenvalue weighted by atomic mass is 10.1. The van der Waals surface area contributed by atoms with E-state index in [4.69, 9.17) is 10.00 Å². The van der Waals surface area contributed by atoms with Crippen molar-refractivity contribution in [2.45, 2.75) is 12.5 Å². The predicted octanol–water partition coefficient (Wildman–Crippen LogP) is 0.808. The zero-order chi connectivity index (χ0) is 15.4. The fourth-order valence-electron chi connectivity index (χ4n) is 2.88. The molecular weight excluding hydrogens is 280 g/mol. The number of hydrogen-bond donors (Lipinski definition) is 1. The topological polar surface area (TPSA) is 68.6 Å². The smallest absolute Gasteiger partial charge is 0.251 e. The van der Waals surface area contributed by atoms with Crippen molar-refractivity contribution in [3.05, 3.63) is 29.8 Å². The van der Waals surface area contributed by atoms with Crippen molar-refractivity contribution in [1.82, 2.24) is 10.2 Å². The first-order chi connectivity index (χ1) is 10.8. The van der Waals surface area contributed by atoms with Crippen molar-refractivity contribution in [2.75, 3.05) is 44.3 Å². The van der Waals surface area contributed by atoms with Gasteiger partial charge in [-0.2, -0.15) is 5.26 Å². The molecule has 0 radical (unpaired) electrons. The Hall–Kier alpha value is -2.26. The quantitative estimate of drug-likeness (QED) is 0.837. The largest absolute Gasteiger partial charge is 0.378 e. The number of nitrogens with one attached hydrogen (secondary N) is 1. The van der Waals surface area contributed by atoms with Gasteiger partial charge in [0, 0.05) is 43.5 Å². The molecule has 1 N–H and O–H groups in total. The molecule has 1 unspecified atom stereocenters. The van der Waals surface area contributed by atoms with Gasteiger partial charge in [0.25, 0.3) is 5.91 Å². The van der Waals surface area contributed by atoms with Crippen molar-refractivity contribution in [2.24, 2.45) is 0 Å². The fraction of sp³-hybridized carbons (Fsp3) is 0.500. The van der Waals surface area contributed by atoms with Gasteiger partial charge in [-0.25, -0.2) is 0 Å². The monoisotopic (exact) mass is 300 g/mol. The number of rotatable bonds is 3. The third-order valence-electron chi connectivity index (χ3n) is 4.17. The van der Waals surface area contributed by atoms with Crippen LogP contribution < -0.4 is 10.2 Å². The molecule has 6 heteroatoms. The zero-order valence-corrected chi connectivity index (χ0v) is 12.5. The Morgan fingerprint density at radius 3 is 2.59 bits per heavy atom. The van der Waals surface area contributed by atoms with E-state index in [1.807, 2.05) is 24.3 Å². The average molecular weight is 300 g/mol. The van der Waals surface area contributed by atoms with E-state index in [2.05, 4.69) is 16.4 Å². The number of carbonyl (C=O) groups excluding carboxylic acids is 1. The van der Waals surface area contributed by atoms with Crippen LogP contribution in [-0.2, 0) is 4.74 Å². The summed E-state index contributed by atoms with van der Waals surface area (Å²) in [6.07, 6.45) is 2.94. The lowest BCUT2D eigenvalue weighted by Crippen LogP contribution is -2.37. The summed E-state index contributed by atoms with van der Waals surface area (Å²) in [6, 6.07) is 7.74. The number of nitriles is 1. The minimum atomic E-state index is -0.0710. The zero-order valence-electron chi connectivity index (χ0n) is 12.5. The van der Waals surface area contributed by atoms with Gasteiger partial charge in [0.2, 0.25) is 0 Å². The molecule has 1 atom stereocenters. The van der Waals surface area contributed by atoms with Crippen LogP contribution in [0, 0.1) is 11.5 Å². The molecule has 3 rings (SSSR count). The highest BCUT2D eigenvalue weighted by Crippen LogP contribution is 2.17. The second-order valence-electron chi connectivity index (χ2n) is 5.65. The normalized spacial score (nSPS) is 21.5. The van der Waals surface area contributed by atoms with E-state index in [-0.39, 0.29) is 11.9 Å². The minimum absolute atomic E-state index is 0.0612. The number of ether oxygens (including phenoxy) is 1. The number of benzene rings is 1. The Labute approximate surface area is 130 Å². The van der Waals surface area contributed by atoms with Crippen LogP contribution in [0.5, 0.6) is 0 Å². The van der Waals surface area contributed by atoms with Crippen molar-refractivity contribution in [3.8, 4) is 6.19 Å². The highest BCUT2D eigenvalue weighted by Gasteiger charge is 2.23. The Morgan fingerprint density at radius 1 is 1.23 bits per heavy atom. The molecule has 1 amide bonds. The first-order valence-electron chi connectivity index (χ1n) is 7.64. The summed E-state index contributed by atoms with van der Waals surface area (Å²) in [5, 5.41) is 11.8. The van der Waals surface area contributed by atoms with Gasteiger partial charge < -0.3 is 19.9 Å². The second-order valence-corrected chi connectivity index (χ2v) is 5.65. The van der Waals surface area contributed by atoms with E-state index in [1.165, 1.54) is 0 Å². The Morgan fingerprint density at radius 2 is 1.95 bits per heavy atom. The van der Waals surface area contributed by atoms with E-state index in [9.17, 15) is 4.79 Å². The minimum Gasteiger partial charge on any atom is -0.378 e. The summed E-state index contributed by atoms with van der Waals surface area (Å²) in [5.41, 5.74) is 1.78. The lowest BCUT2D eigenvalue weighted by molar-refractivity contribution is 0.0938. The van der Waals surface area contributed by atoms with Gasteiger partial charge in [-0.05, 0) is 30.7 Å². The standard InChI is InChI=1S/C16H20N4O2/c17-12-19-6-5-14(11-19)18-16(21)13-1-3-15(4-2-13)20-7-9-22-10-8-20/h1-4,14H,5-11H2,(H,18,21). The van der Waals surface area contributed by atoms with E-state index >= 15 is 0 Å². The molecule has 22 heavy (non-hydrogen) atoms. The molecule has 2 heterocycles. The van der Waals surface area contributed by atoms with Gasteiger partial charge in [0.05, 0.1) is 13.2 Å².